The van der Waals surface area contributed by atoms with E-state index in [0.29, 0.717) is 52.6 Å². The number of nitrogens with zero attached hydrogens (tertiary/aromatic N) is 4. The average Bonchev–Trinajstić information content (AvgIpc) is 3.51. The summed E-state index contributed by atoms with van der Waals surface area (Å²) in [6.07, 6.45) is 6.95. The molecule has 1 unspecified atom stereocenters. The molecule has 4 fully saturated rings. The Hall–Kier alpha value is -3.46. The van der Waals surface area contributed by atoms with Gasteiger partial charge in [-0.25, -0.2) is 14.4 Å². The third-order valence-electron chi connectivity index (χ3n) is 10.5. The minimum absolute atomic E-state index is 0.138. The van der Waals surface area contributed by atoms with Gasteiger partial charge in [0, 0.05) is 31.4 Å². The van der Waals surface area contributed by atoms with Crippen molar-refractivity contribution < 1.29 is 9.13 Å². The maximum absolute atomic E-state index is 14.4. The van der Waals surface area contributed by atoms with Crippen LogP contribution in [0.25, 0.3) is 10.9 Å². The number of rotatable bonds is 9. The topological polar surface area (TPSA) is 83.8 Å². The molecule has 3 aromatic rings. The molecule has 3 saturated carbocycles. The van der Waals surface area contributed by atoms with E-state index < -0.39 is 0 Å². The maximum atomic E-state index is 14.4. The quantitative estimate of drug-likeness (QED) is 0.260. The molecule has 2 aromatic carbocycles. The zero-order valence-electron chi connectivity index (χ0n) is 25.9. The van der Waals surface area contributed by atoms with Gasteiger partial charge in [0.15, 0.2) is 5.96 Å². The molecular weight excluding hydrogens is 543 g/mol. The smallest absolute Gasteiger partial charge is 0.261 e. The van der Waals surface area contributed by atoms with Crippen LogP contribution in [-0.4, -0.2) is 59.7 Å². The Morgan fingerprint density at radius 3 is 2.67 bits per heavy atom. The van der Waals surface area contributed by atoms with Gasteiger partial charge >= 0.3 is 0 Å². The number of anilines is 1. The van der Waals surface area contributed by atoms with Gasteiger partial charge in [-0.1, -0.05) is 26.8 Å². The lowest BCUT2D eigenvalue weighted by Gasteiger charge is -2.61. The van der Waals surface area contributed by atoms with Crippen LogP contribution in [0.15, 0.2) is 52.5 Å². The second-order valence-corrected chi connectivity index (χ2v) is 13.3. The van der Waals surface area contributed by atoms with Crippen molar-refractivity contribution in [2.45, 2.75) is 65.5 Å². The summed E-state index contributed by atoms with van der Waals surface area (Å²) in [4.78, 5) is 25.6. The van der Waals surface area contributed by atoms with Crippen molar-refractivity contribution >= 4 is 22.5 Å². The largest absolute Gasteiger partial charge is 0.497 e. The van der Waals surface area contributed by atoms with E-state index in [1.165, 1.54) is 45.5 Å². The number of methoxy groups -OCH3 is 1. The number of hydrogen-bond acceptors (Lipinski definition) is 5. The Bertz CT molecular complexity index is 1550. The molecule has 0 radical (unpaired) electrons. The van der Waals surface area contributed by atoms with Gasteiger partial charge in [-0.2, -0.15) is 0 Å². The van der Waals surface area contributed by atoms with Crippen LogP contribution in [0.1, 0.15) is 52.0 Å². The van der Waals surface area contributed by atoms with E-state index in [2.05, 4.69) is 41.3 Å². The molecule has 2 N–H and O–H groups in total. The van der Waals surface area contributed by atoms with Crippen molar-refractivity contribution in [2.75, 3.05) is 38.6 Å². The number of benzene rings is 2. The van der Waals surface area contributed by atoms with E-state index in [0.717, 1.165) is 43.0 Å². The third-order valence-corrected chi connectivity index (χ3v) is 10.5. The molecule has 4 aliphatic rings. The van der Waals surface area contributed by atoms with Crippen LogP contribution in [-0.2, 0) is 13.0 Å². The van der Waals surface area contributed by atoms with Gasteiger partial charge in [0.1, 0.15) is 11.6 Å². The Morgan fingerprint density at radius 2 is 1.95 bits per heavy atom. The number of fused-ring (bicyclic) bond motifs is 3. The second kappa shape index (κ2) is 12.3. The van der Waals surface area contributed by atoms with Gasteiger partial charge in [0.05, 0.1) is 30.4 Å². The summed E-state index contributed by atoms with van der Waals surface area (Å²) in [6, 6.07) is 10.7. The number of aryl methyl sites for hydroxylation is 2. The van der Waals surface area contributed by atoms with E-state index in [1.807, 2.05) is 18.2 Å². The van der Waals surface area contributed by atoms with Crippen LogP contribution in [0, 0.1) is 29.0 Å². The zero-order valence-corrected chi connectivity index (χ0v) is 25.9. The molecule has 230 valence electrons. The highest BCUT2D eigenvalue weighted by molar-refractivity contribution is 5.95. The van der Waals surface area contributed by atoms with Crippen molar-refractivity contribution in [3.8, 4) is 5.75 Å². The standard InChI is InChI=1S/C34H45FN6O2/c1-22-28-17-24(34(28,2)3)18-30(22)39-33(36-12-16-40-13-5-6-14-40)38-25-8-10-27-31(19-25)37-21-41(32(27)42)15-11-23-7-9-26(43-4)20-29(23)35/h7-10,19-22,24,28,30H,5-6,11-18H2,1-4H3,(H2,36,38,39)/t22-,24-,28+,30?/m0/s1. The summed E-state index contributed by atoms with van der Waals surface area (Å²) in [7, 11) is 1.51. The monoisotopic (exact) mass is 588 g/mol. The number of aliphatic imine (C=N–C) groups is 1. The fraction of sp³-hybridized carbons (Fsp3) is 0.559. The number of guanidine groups is 1. The number of likely N-dealkylation sites (tertiary alicyclic amines) is 1. The minimum atomic E-state index is -0.341. The van der Waals surface area contributed by atoms with Crippen LogP contribution < -0.4 is 20.9 Å². The van der Waals surface area contributed by atoms with E-state index in [-0.39, 0.29) is 11.4 Å². The highest BCUT2D eigenvalue weighted by atomic mass is 19.1. The summed E-state index contributed by atoms with van der Waals surface area (Å²) in [5.74, 6) is 2.93. The number of halogens is 1. The second-order valence-electron chi connectivity index (χ2n) is 13.3. The summed E-state index contributed by atoms with van der Waals surface area (Å²) in [5, 5.41) is 7.66. The lowest BCUT2D eigenvalue weighted by atomic mass is 9.45. The van der Waals surface area contributed by atoms with Crippen LogP contribution in [0.3, 0.4) is 0 Å². The first kappa shape index (κ1) is 29.6. The van der Waals surface area contributed by atoms with E-state index >= 15 is 0 Å². The summed E-state index contributed by atoms with van der Waals surface area (Å²) in [5.41, 5.74) is 2.28. The Balaban J connectivity index is 1.17. The summed E-state index contributed by atoms with van der Waals surface area (Å²) in [6.45, 7) is 11.7. The Morgan fingerprint density at radius 1 is 1.14 bits per heavy atom. The molecule has 1 aromatic heterocycles. The molecule has 43 heavy (non-hydrogen) atoms. The van der Waals surface area contributed by atoms with Crippen molar-refractivity contribution in [2.24, 2.45) is 28.2 Å². The molecule has 0 spiro atoms. The van der Waals surface area contributed by atoms with Crippen LogP contribution in [0.2, 0.25) is 0 Å². The van der Waals surface area contributed by atoms with Crippen molar-refractivity contribution in [1.82, 2.24) is 19.8 Å². The Labute approximate surface area is 253 Å². The highest BCUT2D eigenvalue weighted by Crippen LogP contribution is 2.61. The van der Waals surface area contributed by atoms with Gasteiger partial charge in [-0.3, -0.25) is 9.36 Å². The summed E-state index contributed by atoms with van der Waals surface area (Å²) < 4.78 is 21.0. The highest BCUT2D eigenvalue weighted by Gasteiger charge is 2.56. The van der Waals surface area contributed by atoms with Crippen molar-refractivity contribution in [3.05, 3.63) is 64.5 Å². The molecule has 0 amide bonds. The molecule has 4 atom stereocenters. The number of hydrogen-bond donors (Lipinski definition) is 2. The van der Waals surface area contributed by atoms with Crippen LogP contribution in [0.4, 0.5) is 10.1 Å². The van der Waals surface area contributed by atoms with Crippen LogP contribution >= 0.6 is 0 Å². The molecule has 7 rings (SSSR count). The first-order chi connectivity index (χ1) is 20.7. The zero-order chi connectivity index (χ0) is 30.1. The van der Waals surface area contributed by atoms with Crippen molar-refractivity contribution in [3.63, 3.8) is 0 Å². The Kier molecular flexibility index (Phi) is 8.45. The van der Waals surface area contributed by atoms with E-state index in [1.54, 1.807) is 23.0 Å². The maximum Gasteiger partial charge on any atom is 0.261 e. The molecule has 3 aliphatic carbocycles. The molecule has 2 bridgehead atoms. The van der Waals surface area contributed by atoms with E-state index in [4.69, 9.17) is 9.73 Å². The molecule has 9 heteroatoms. The predicted octanol–water partition coefficient (Wildman–Crippen LogP) is 5.31. The molecule has 8 nitrogen and oxygen atoms in total. The van der Waals surface area contributed by atoms with Crippen molar-refractivity contribution in [1.29, 1.82) is 0 Å². The normalized spacial score (nSPS) is 25.0. The third kappa shape index (κ3) is 6.14. The van der Waals surface area contributed by atoms with Gasteiger partial charge in [0.25, 0.3) is 5.56 Å². The molecular formula is C34H45FN6O2. The van der Waals surface area contributed by atoms with Gasteiger partial charge in [0.2, 0.25) is 0 Å². The summed E-state index contributed by atoms with van der Waals surface area (Å²) >= 11 is 0. The lowest BCUT2D eigenvalue weighted by Crippen LogP contribution is -2.56. The van der Waals surface area contributed by atoms with Crippen LogP contribution in [0.5, 0.6) is 5.75 Å². The first-order valence-electron chi connectivity index (χ1n) is 15.9. The van der Waals surface area contributed by atoms with Gasteiger partial charge in [-0.15, -0.1) is 0 Å². The fourth-order valence-corrected chi connectivity index (χ4v) is 7.55. The minimum Gasteiger partial charge on any atom is -0.497 e. The van der Waals surface area contributed by atoms with Gasteiger partial charge in [-0.05, 0) is 98.2 Å². The number of ether oxygens (including phenoxy) is 1. The average molecular weight is 589 g/mol. The van der Waals surface area contributed by atoms with Gasteiger partial charge < -0.3 is 20.3 Å². The number of aromatic nitrogens is 2. The predicted molar refractivity (Wildman–Crippen MR) is 170 cm³/mol. The van der Waals surface area contributed by atoms with E-state index in [9.17, 15) is 9.18 Å². The first-order valence-corrected chi connectivity index (χ1v) is 15.9. The number of nitrogens with one attached hydrogen (secondary N) is 2. The molecule has 1 aliphatic heterocycles. The molecule has 2 heterocycles. The molecule has 1 saturated heterocycles. The lowest BCUT2D eigenvalue weighted by molar-refractivity contribution is -0.108. The fourth-order valence-electron chi connectivity index (χ4n) is 7.55. The SMILES string of the molecule is COc1ccc(CCn2cnc3cc(N/C(=N/C4C[C@@H]5C[C@H]([C@@H]4C)C5(C)C)NCCN4CCCC4)ccc3c2=O)c(F)c1.